The molecule has 14 heavy (non-hydrogen) atoms. The second kappa shape index (κ2) is 3.65. The highest BCUT2D eigenvalue weighted by Gasteiger charge is 2.17. The van der Waals surface area contributed by atoms with Gasteiger partial charge < -0.3 is 10.1 Å². The monoisotopic (exact) mass is 194 g/mol. The number of hydrogen-bond donors (Lipinski definition) is 1. The summed E-state index contributed by atoms with van der Waals surface area (Å²) in [4.78, 5) is 4.16. The Bertz CT molecular complexity index is 376. The van der Waals surface area contributed by atoms with E-state index in [4.69, 9.17) is 4.74 Å². The molecule has 0 atom stereocenters. The molecule has 3 nitrogen and oxygen atoms in total. The van der Waals surface area contributed by atoms with E-state index in [0.717, 1.165) is 6.54 Å². The molecular weight excluding hydrogens is 183 g/mol. The molecule has 0 unspecified atom stereocenters. The van der Waals surface area contributed by atoms with E-state index in [0.29, 0.717) is 23.7 Å². The molecule has 4 heteroatoms. The van der Waals surface area contributed by atoms with Gasteiger partial charge >= 0.3 is 0 Å². The molecule has 0 radical (unpaired) electrons. The predicted molar refractivity (Wildman–Crippen MR) is 52.4 cm³/mol. The Hall–Kier alpha value is -1.58. The zero-order valence-corrected chi connectivity index (χ0v) is 7.88. The molecule has 1 aromatic carbocycles. The van der Waals surface area contributed by atoms with Crippen LogP contribution < -0.4 is 10.1 Å². The zero-order valence-electron chi connectivity index (χ0n) is 7.88. The number of hydrogen-bond acceptors (Lipinski definition) is 3. The third-order valence-corrected chi connectivity index (χ3v) is 2.11. The Balaban J connectivity index is 2.48. The van der Waals surface area contributed by atoms with Gasteiger partial charge in [-0.1, -0.05) is 6.07 Å². The summed E-state index contributed by atoms with van der Waals surface area (Å²) >= 11 is 0. The summed E-state index contributed by atoms with van der Waals surface area (Å²) in [6.45, 7) is 1.44. The van der Waals surface area contributed by atoms with E-state index >= 15 is 0 Å². The molecule has 0 spiro atoms. The Labute approximate surface area is 81.6 Å². The Morgan fingerprint density at radius 2 is 2.36 bits per heavy atom. The first kappa shape index (κ1) is 8.99. The average molecular weight is 194 g/mol. The maximum Gasteiger partial charge on any atom is 0.137 e. The first-order valence-corrected chi connectivity index (χ1v) is 4.44. The molecule has 0 bridgehead atoms. The number of amidine groups is 1. The molecular formula is C10H11FN2O. The zero-order chi connectivity index (χ0) is 9.97. The SMILES string of the molecule is COc1cccc(F)c1C1=NCCN1. The molecule has 0 saturated heterocycles. The molecule has 0 saturated carbocycles. The third-order valence-electron chi connectivity index (χ3n) is 2.11. The molecule has 1 aliphatic heterocycles. The lowest BCUT2D eigenvalue weighted by molar-refractivity contribution is 0.410. The van der Waals surface area contributed by atoms with Crippen molar-refractivity contribution in [2.75, 3.05) is 20.2 Å². The van der Waals surface area contributed by atoms with Crippen molar-refractivity contribution in [3.05, 3.63) is 29.6 Å². The van der Waals surface area contributed by atoms with Crippen LogP contribution in [0.1, 0.15) is 5.56 Å². The Morgan fingerprint density at radius 1 is 1.50 bits per heavy atom. The highest BCUT2D eigenvalue weighted by Crippen LogP contribution is 2.21. The van der Waals surface area contributed by atoms with Gasteiger partial charge in [0, 0.05) is 6.54 Å². The summed E-state index contributed by atoms with van der Waals surface area (Å²) in [6.07, 6.45) is 0. The van der Waals surface area contributed by atoms with Crippen molar-refractivity contribution in [1.29, 1.82) is 0 Å². The van der Waals surface area contributed by atoms with E-state index in [2.05, 4.69) is 10.3 Å². The molecule has 0 amide bonds. The number of nitrogens with one attached hydrogen (secondary N) is 1. The van der Waals surface area contributed by atoms with Crippen molar-refractivity contribution in [3.63, 3.8) is 0 Å². The van der Waals surface area contributed by atoms with Gasteiger partial charge in [0.05, 0.1) is 19.2 Å². The van der Waals surface area contributed by atoms with Crippen molar-refractivity contribution in [3.8, 4) is 5.75 Å². The smallest absolute Gasteiger partial charge is 0.137 e. The van der Waals surface area contributed by atoms with Gasteiger partial charge in [-0.05, 0) is 12.1 Å². The van der Waals surface area contributed by atoms with Crippen LogP contribution >= 0.6 is 0 Å². The van der Waals surface area contributed by atoms with Crippen LogP contribution in [0.25, 0.3) is 0 Å². The number of aliphatic imine (C=N–C) groups is 1. The topological polar surface area (TPSA) is 33.6 Å². The van der Waals surface area contributed by atoms with Crippen LogP contribution in [-0.4, -0.2) is 26.0 Å². The number of benzene rings is 1. The number of ether oxygens (including phenoxy) is 1. The lowest BCUT2D eigenvalue weighted by atomic mass is 10.1. The minimum Gasteiger partial charge on any atom is -0.496 e. The summed E-state index contributed by atoms with van der Waals surface area (Å²) in [5, 5.41) is 3.02. The average Bonchev–Trinajstić information content (AvgIpc) is 2.70. The van der Waals surface area contributed by atoms with Gasteiger partial charge in [0.1, 0.15) is 17.4 Å². The number of methoxy groups -OCH3 is 1. The molecule has 1 aliphatic rings. The van der Waals surface area contributed by atoms with Gasteiger partial charge in [-0.25, -0.2) is 4.39 Å². The molecule has 2 rings (SSSR count). The van der Waals surface area contributed by atoms with Gasteiger partial charge in [0.2, 0.25) is 0 Å². The maximum atomic E-state index is 13.5. The fourth-order valence-corrected chi connectivity index (χ4v) is 1.47. The minimum absolute atomic E-state index is 0.308. The molecule has 1 aromatic rings. The molecule has 74 valence electrons. The lowest BCUT2D eigenvalue weighted by Crippen LogP contribution is -2.21. The Morgan fingerprint density at radius 3 is 3.00 bits per heavy atom. The maximum absolute atomic E-state index is 13.5. The summed E-state index contributed by atoms with van der Waals surface area (Å²) in [7, 11) is 1.52. The summed E-state index contributed by atoms with van der Waals surface area (Å²) in [5.74, 6) is 0.788. The lowest BCUT2D eigenvalue weighted by Gasteiger charge is -2.09. The van der Waals surface area contributed by atoms with Crippen LogP contribution in [-0.2, 0) is 0 Å². The van der Waals surface area contributed by atoms with Gasteiger partial charge in [0.15, 0.2) is 0 Å². The standard InChI is InChI=1S/C10H11FN2O/c1-14-8-4-2-3-7(11)9(8)10-12-5-6-13-10/h2-4H,5-6H2,1H3,(H,12,13). The van der Waals surface area contributed by atoms with Crippen molar-refractivity contribution in [1.82, 2.24) is 5.32 Å². The van der Waals surface area contributed by atoms with Gasteiger partial charge in [-0.2, -0.15) is 0 Å². The second-order valence-electron chi connectivity index (χ2n) is 2.97. The van der Waals surface area contributed by atoms with E-state index in [1.807, 2.05) is 0 Å². The van der Waals surface area contributed by atoms with E-state index in [9.17, 15) is 4.39 Å². The third kappa shape index (κ3) is 1.43. The molecule has 0 aliphatic carbocycles. The molecule has 1 N–H and O–H groups in total. The highest BCUT2D eigenvalue weighted by atomic mass is 19.1. The number of halogens is 1. The first-order valence-electron chi connectivity index (χ1n) is 4.44. The van der Waals surface area contributed by atoms with Gasteiger partial charge in [-0.3, -0.25) is 4.99 Å². The summed E-state index contributed by atoms with van der Waals surface area (Å²) < 4.78 is 18.6. The minimum atomic E-state index is -0.308. The van der Waals surface area contributed by atoms with Crippen LogP contribution in [0.4, 0.5) is 4.39 Å². The quantitative estimate of drug-likeness (QED) is 0.767. The fourth-order valence-electron chi connectivity index (χ4n) is 1.47. The Kier molecular flexibility index (Phi) is 2.35. The van der Waals surface area contributed by atoms with Crippen LogP contribution in [0, 0.1) is 5.82 Å². The van der Waals surface area contributed by atoms with Crippen LogP contribution in [0.5, 0.6) is 5.75 Å². The van der Waals surface area contributed by atoms with Crippen molar-refractivity contribution in [2.45, 2.75) is 0 Å². The second-order valence-corrected chi connectivity index (χ2v) is 2.97. The molecule has 1 heterocycles. The van der Waals surface area contributed by atoms with Gasteiger partial charge in [0.25, 0.3) is 0 Å². The van der Waals surface area contributed by atoms with Crippen molar-refractivity contribution >= 4 is 5.84 Å². The highest BCUT2D eigenvalue weighted by molar-refractivity contribution is 6.02. The van der Waals surface area contributed by atoms with E-state index < -0.39 is 0 Å². The fraction of sp³-hybridized carbons (Fsp3) is 0.300. The number of rotatable bonds is 2. The summed E-state index contributed by atoms with van der Waals surface area (Å²) in [5.41, 5.74) is 0.424. The van der Waals surface area contributed by atoms with E-state index in [-0.39, 0.29) is 5.82 Å². The predicted octanol–water partition coefficient (Wildman–Crippen LogP) is 1.18. The number of nitrogens with zero attached hydrogens (tertiary/aromatic N) is 1. The summed E-state index contributed by atoms with van der Waals surface area (Å²) in [6, 6.07) is 4.74. The van der Waals surface area contributed by atoms with E-state index in [1.54, 1.807) is 12.1 Å². The largest absolute Gasteiger partial charge is 0.496 e. The first-order chi connectivity index (χ1) is 6.83. The van der Waals surface area contributed by atoms with Crippen molar-refractivity contribution < 1.29 is 9.13 Å². The van der Waals surface area contributed by atoms with E-state index in [1.165, 1.54) is 13.2 Å². The van der Waals surface area contributed by atoms with Crippen molar-refractivity contribution in [2.24, 2.45) is 4.99 Å². The van der Waals surface area contributed by atoms with Crippen LogP contribution in [0.3, 0.4) is 0 Å². The van der Waals surface area contributed by atoms with Crippen LogP contribution in [0.15, 0.2) is 23.2 Å². The van der Waals surface area contributed by atoms with Gasteiger partial charge in [-0.15, -0.1) is 0 Å². The van der Waals surface area contributed by atoms with Crippen LogP contribution in [0.2, 0.25) is 0 Å². The molecule has 0 fully saturated rings. The normalized spacial score (nSPS) is 14.9. The molecule has 0 aromatic heterocycles.